The second kappa shape index (κ2) is 8.83. The van der Waals surface area contributed by atoms with Gasteiger partial charge in [0.2, 0.25) is 15.9 Å². The van der Waals surface area contributed by atoms with Crippen LogP contribution in [0.2, 0.25) is 0 Å². The fourth-order valence-electron chi connectivity index (χ4n) is 3.38. The number of benzene rings is 3. The van der Waals surface area contributed by atoms with Gasteiger partial charge in [-0.1, -0.05) is 66.2 Å². The highest BCUT2D eigenvalue weighted by molar-refractivity contribution is 7.89. The topological polar surface area (TPSA) is 84.8 Å². The second-order valence-corrected chi connectivity index (χ2v) is 9.08. The fraction of sp³-hybridized carbons (Fsp3) is 0.167. The number of aryl methyl sites for hydroxylation is 1. The van der Waals surface area contributed by atoms with E-state index in [1.807, 2.05) is 67.6 Å². The lowest BCUT2D eigenvalue weighted by atomic mass is 10.0. The van der Waals surface area contributed by atoms with Crippen LogP contribution < -0.4 is 4.72 Å². The van der Waals surface area contributed by atoms with E-state index in [0.717, 1.165) is 11.1 Å². The summed E-state index contributed by atoms with van der Waals surface area (Å²) in [5, 5.41) is 0. The largest absolute Gasteiger partial charge is 0.406 e. The molecule has 4 rings (SSSR count). The molecule has 1 N–H and O–H groups in total. The number of carbonyl (C=O) groups is 1. The van der Waals surface area contributed by atoms with Crippen molar-refractivity contribution in [3.05, 3.63) is 102 Å². The van der Waals surface area contributed by atoms with Crippen LogP contribution in [0.15, 0.2) is 94.8 Å². The quantitative estimate of drug-likeness (QED) is 0.574. The number of hydrogen-bond acceptors (Lipinski definition) is 5. The molecule has 0 fully saturated rings. The molecule has 31 heavy (non-hydrogen) atoms. The standard InChI is InChI=1S/C24H22N2O4S/c1-17-12-14-20(15-13-17)31(28,29)26-21(18-8-4-2-5-9-18)16-22-24(27)30-23(25-22)19-10-6-3-7-11-19/h2-15,21-22,26H,16H2,1H3. The Kier molecular flexibility index (Phi) is 5.97. The molecule has 1 aliphatic rings. The van der Waals surface area contributed by atoms with Crippen LogP contribution in [0.25, 0.3) is 0 Å². The van der Waals surface area contributed by atoms with Crippen LogP contribution in [0.5, 0.6) is 0 Å². The first-order chi connectivity index (χ1) is 14.9. The lowest BCUT2D eigenvalue weighted by molar-refractivity contribution is -0.135. The highest BCUT2D eigenvalue weighted by atomic mass is 32.2. The number of nitrogens with zero attached hydrogens (tertiary/aromatic N) is 1. The Balaban J connectivity index is 1.61. The van der Waals surface area contributed by atoms with Gasteiger partial charge in [0.15, 0.2) is 6.04 Å². The van der Waals surface area contributed by atoms with Crippen LogP contribution in [0, 0.1) is 6.92 Å². The molecule has 7 heteroatoms. The van der Waals surface area contributed by atoms with Gasteiger partial charge in [-0.3, -0.25) is 0 Å². The monoisotopic (exact) mass is 434 g/mol. The Bertz CT molecular complexity index is 1190. The minimum Gasteiger partial charge on any atom is -0.406 e. The smallest absolute Gasteiger partial charge is 0.337 e. The average molecular weight is 435 g/mol. The normalized spacial score (nSPS) is 17.1. The van der Waals surface area contributed by atoms with Crippen molar-refractivity contribution in [2.75, 3.05) is 0 Å². The molecule has 2 unspecified atom stereocenters. The molecular weight excluding hydrogens is 412 g/mol. The van der Waals surface area contributed by atoms with E-state index in [-0.39, 0.29) is 17.2 Å². The molecular formula is C24H22N2O4S. The molecule has 0 aromatic heterocycles. The number of carbonyl (C=O) groups excluding carboxylic acids is 1. The molecule has 0 saturated carbocycles. The van der Waals surface area contributed by atoms with E-state index in [2.05, 4.69) is 9.71 Å². The lowest BCUT2D eigenvalue weighted by Gasteiger charge is -2.20. The third-order valence-electron chi connectivity index (χ3n) is 5.05. The van der Waals surface area contributed by atoms with E-state index in [1.165, 1.54) is 0 Å². The first-order valence-corrected chi connectivity index (χ1v) is 11.4. The van der Waals surface area contributed by atoms with Crippen LogP contribution in [0.1, 0.15) is 29.2 Å². The molecule has 0 spiro atoms. The summed E-state index contributed by atoms with van der Waals surface area (Å²) in [6.07, 6.45) is 0.143. The van der Waals surface area contributed by atoms with Gasteiger partial charge < -0.3 is 4.74 Å². The van der Waals surface area contributed by atoms with Crippen LogP contribution in [-0.4, -0.2) is 26.3 Å². The van der Waals surface area contributed by atoms with Gasteiger partial charge in [0.25, 0.3) is 0 Å². The number of ether oxygens (including phenoxy) is 1. The molecule has 1 heterocycles. The van der Waals surface area contributed by atoms with Crippen molar-refractivity contribution in [1.82, 2.24) is 4.72 Å². The van der Waals surface area contributed by atoms with Gasteiger partial charge >= 0.3 is 5.97 Å². The van der Waals surface area contributed by atoms with E-state index in [9.17, 15) is 13.2 Å². The maximum Gasteiger partial charge on any atom is 0.337 e. The number of hydrogen-bond donors (Lipinski definition) is 1. The average Bonchev–Trinajstić information content (AvgIpc) is 3.15. The molecule has 3 aromatic rings. The zero-order valence-electron chi connectivity index (χ0n) is 16.9. The second-order valence-electron chi connectivity index (χ2n) is 7.37. The number of sulfonamides is 1. The van der Waals surface area contributed by atoms with E-state index in [4.69, 9.17) is 4.74 Å². The Morgan fingerprint density at radius 2 is 1.55 bits per heavy atom. The van der Waals surface area contributed by atoms with Crippen molar-refractivity contribution in [2.45, 2.75) is 30.3 Å². The maximum absolute atomic E-state index is 13.0. The SMILES string of the molecule is Cc1ccc(S(=O)(=O)NC(CC2N=C(c3ccccc3)OC2=O)c2ccccc2)cc1. The summed E-state index contributed by atoms with van der Waals surface area (Å²) in [6.45, 7) is 1.89. The van der Waals surface area contributed by atoms with E-state index in [0.29, 0.717) is 5.56 Å². The van der Waals surface area contributed by atoms with Crippen LogP contribution in [0.3, 0.4) is 0 Å². The number of rotatable bonds is 7. The van der Waals surface area contributed by atoms with Gasteiger partial charge in [0.05, 0.1) is 4.90 Å². The molecule has 2 atom stereocenters. The fourth-order valence-corrected chi connectivity index (χ4v) is 4.62. The summed E-state index contributed by atoms with van der Waals surface area (Å²) < 4.78 is 34.1. The summed E-state index contributed by atoms with van der Waals surface area (Å²) in [4.78, 5) is 17.1. The van der Waals surface area contributed by atoms with Gasteiger partial charge in [-0.15, -0.1) is 0 Å². The molecule has 0 saturated heterocycles. The van der Waals surface area contributed by atoms with Crippen LogP contribution in [0.4, 0.5) is 0 Å². The van der Waals surface area contributed by atoms with Crippen molar-refractivity contribution in [3.8, 4) is 0 Å². The minimum atomic E-state index is -3.80. The highest BCUT2D eigenvalue weighted by Gasteiger charge is 2.34. The Morgan fingerprint density at radius 3 is 2.19 bits per heavy atom. The molecule has 158 valence electrons. The number of aliphatic imine (C=N–C) groups is 1. The van der Waals surface area contributed by atoms with Gasteiger partial charge in [-0.2, -0.15) is 0 Å². The first kappa shape index (κ1) is 21.0. The Morgan fingerprint density at radius 1 is 0.935 bits per heavy atom. The molecule has 6 nitrogen and oxygen atoms in total. The van der Waals surface area contributed by atoms with Crippen molar-refractivity contribution in [3.63, 3.8) is 0 Å². The van der Waals surface area contributed by atoms with Crippen molar-refractivity contribution in [2.24, 2.45) is 4.99 Å². The predicted octanol–water partition coefficient (Wildman–Crippen LogP) is 3.78. The van der Waals surface area contributed by atoms with Crippen LogP contribution >= 0.6 is 0 Å². The number of nitrogens with one attached hydrogen (secondary N) is 1. The summed E-state index contributed by atoms with van der Waals surface area (Å²) in [5.41, 5.74) is 2.42. The molecule has 0 aliphatic carbocycles. The summed E-state index contributed by atoms with van der Waals surface area (Å²) in [6, 6.07) is 23.5. The van der Waals surface area contributed by atoms with E-state index in [1.54, 1.807) is 24.3 Å². The third-order valence-corrected chi connectivity index (χ3v) is 6.54. The molecule has 0 radical (unpaired) electrons. The van der Waals surface area contributed by atoms with E-state index >= 15 is 0 Å². The Labute approximate surface area is 181 Å². The van der Waals surface area contributed by atoms with Crippen molar-refractivity contribution >= 4 is 21.9 Å². The summed E-state index contributed by atoms with van der Waals surface area (Å²) in [7, 11) is -3.80. The molecule has 3 aromatic carbocycles. The number of cyclic esters (lactones) is 1. The zero-order chi connectivity index (χ0) is 21.8. The minimum absolute atomic E-state index is 0.143. The van der Waals surface area contributed by atoms with Crippen LogP contribution in [-0.2, 0) is 19.6 Å². The van der Waals surface area contributed by atoms with Gasteiger partial charge in [-0.05, 0) is 36.8 Å². The highest BCUT2D eigenvalue weighted by Crippen LogP contribution is 2.26. The zero-order valence-corrected chi connectivity index (χ0v) is 17.7. The molecule has 0 amide bonds. The third kappa shape index (κ3) is 4.90. The van der Waals surface area contributed by atoms with Gasteiger partial charge in [0.1, 0.15) is 0 Å². The van der Waals surface area contributed by atoms with Crippen molar-refractivity contribution < 1.29 is 17.9 Å². The summed E-state index contributed by atoms with van der Waals surface area (Å²) in [5.74, 6) is -0.238. The molecule has 1 aliphatic heterocycles. The molecule has 0 bridgehead atoms. The van der Waals surface area contributed by atoms with Gasteiger partial charge in [0, 0.05) is 18.0 Å². The maximum atomic E-state index is 13.0. The number of esters is 1. The Hall–Kier alpha value is -3.29. The first-order valence-electron chi connectivity index (χ1n) is 9.91. The van der Waals surface area contributed by atoms with Gasteiger partial charge in [-0.25, -0.2) is 22.9 Å². The summed E-state index contributed by atoms with van der Waals surface area (Å²) >= 11 is 0. The van der Waals surface area contributed by atoms with Crippen molar-refractivity contribution in [1.29, 1.82) is 0 Å². The van der Waals surface area contributed by atoms with E-state index < -0.39 is 28.1 Å². The predicted molar refractivity (Wildman–Crippen MR) is 118 cm³/mol. The lowest BCUT2D eigenvalue weighted by Crippen LogP contribution is -2.32.